The monoisotopic (exact) mass is 305 g/mol. The highest BCUT2D eigenvalue weighted by Gasteiger charge is 2.41. The summed E-state index contributed by atoms with van der Waals surface area (Å²) in [5, 5.41) is 0. The van der Waals surface area contributed by atoms with Crippen molar-refractivity contribution >= 4 is 6.09 Å². The lowest BCUT2D eigenvalue weighted by molar-refractivity contribution is -0.183. The second kappa shape index (κ2) is 6.26. The van der Waals surface area contributed by atoms with Crippen LogP contribution in [0.1, 0.15) is 50.7 Å². The highest BCUT2D eigenvalue weighted by molar-refractivity contribution is 5.71. The van der Waals surface area contributed by atoms with E-state index in [2.05, 4.69) is 0 Å². The van der Waals surface area contributed by atoms with E-state index in [0.717, 1.165) is 17.5 Å². The van der Waals surface area contributed by atoms with E-state index in [9.17, 15) is 4.79 Å². The fraction of sp³-hybridized carbons (Fsp3) is 0.588. The van der Waals surface area contributed by atoms with Crippen molar-refractivity contribution in [2.45, 2.75) is 51.7 Å². The molecule has 2 heterocycles. The van der Waals surface area contributed by atoms with Crippen LogP contribution in [0.25, 0.3) is 0 Å². The highest BCUT2D eigenvalue weighted by atomic mass is 16.7. The molecule has 5 nitrogen and oxygen atoms in total. The maximum absolute atomic E-state index is 12.1. The number of benzene rings is 1. The molecular weight excluding hydrogens is 282 g/mol. The quantitative estimate of drug-likeness (QED) is 0.858. The Morgan fingerprint density at radius 3 is 2.50 bits per heavy atom. The molecule has 3 rings (SSSR count). The van der Waals surface area contributed by atoms with Crippen LogP contribution in [0.2, 0.25) is 0 Å². The average Bonchev–Trinajstić information content (AvgIpc) is 2.83. The standard InChI is InChI=1S/C17H23NO4/c1-11(2)18-12(3)15(22-17(18)19)13-6-4-7-14(10-13)16-20-8-5-9-21-16/h4,6-7,10-12,15-16H,5,8-9H2,1-3H3/t12-,15-/m0/s1. The number of rotatable bonds is 3. The molecule has 2 fully saturated rings. The summed E-state index contributed by atoms with van der Waals surface area (Å²) in [5.74, 6) is 0. The van der Waals surface area contributed by atoms with Gasteiger partial charge in [0.2, 0.25) is 0 Å². The maximum Gasteiger partial charge on any atom is 0.411 e. The molecule has 0 aromatic heterocycles. The Balaban J connectivity index is 1.82. The molecule has 0 spiro atoms. The molecule has 1 aromatic carbocycles. The number of nitrogens with zero attached hydrogens (tertiary/aromatic N) is 1. The van der Waals surface area contributed by atoms with Crippen molar-refractivity contribution in [1.29, 1.82) is 0 Å². The number of hydrogen-bond acceptors (Lipinski definition) is 4. The van der Waals surface area contributed by atoms with Gasteiger partial charge in [0.25, 0.3) is 0 Å². The van der Waals surface area contributed by atoms with E-state index in [1.54, 1.807) is 4.90 Å². The van der Waals surface area contributed by atoms with Crippen LogP contribution >= 0.6 is 0 Å². The van der Waals surface area contributed by atoms with E-state index in [-0.39, 0.29) is 30.6 Å². The van der Waals surface area contributed by atoms with Crippen LogP contribution in [0.5, 0.6) is 0 Å². The number of hydrogen-bond donors (Lipinski definition) is 0. The zero-order valence-corrected chi connectivity index (χ0v) is 13.3. The van der Waals surface area contributed by atoms with Crippen molar-refractivity contribution in [1.82, 2.24) is 4.90 Å². The summed E-state index contributed by atoms with van der Waals surface area (Å²) >= 11 is 0. The van der Waals surface area contributed by atoms with Crippen LogP contribution in [0.3, 0.4) is 0 Å². The Kier molecular flexibility index (Phi) is 4.36. The predicted octanol–water partition coefficient (Wildman–Crippen LogP) is 3.41. The first-order chi connectivity index (χ1) is 10.6. The first-order valence-electron chi connectivity index (χ1n) is 7.90. The van der Waals surface area contributed by atoms with Crippen molar-refractivity contribution in [3.05, 3.63) is 35.4 Å². The second-order valence-corrected chi connectivity index (χ2v) is 6.14. The molecule has 2 saturated heterocycles. The summed E-state index contributed by atoms with van der Waals surface area (Å²) in [7, 11) is 0. The Labute approximate surface area is 131 Å². The van der Waals surface area contributed by atoms with Crippen molar-refractivity contribution < 1.29 is 19.0 Å². The van der Waals surface area contributed by atoms with Crippen molar-refractivity contribution in [2.24, 2.45) is 0 Å². The van der Waals surface area contributed by atoms with Crippen LogP contribution in [-0.2, 0) is 14.2 Å². The highest BCUT2D eigenvalue weighted by Crippen LogP contribution is 2.35. The summed E-state index contributed by atoms with van der Waals surface area (Å²) in [4.78, 5) is 13.8. The number of amides is 1. The van der Waals surface area contributed by atoms with Gasteiger partial charge in [-0.1, -0.05) is 18.2 Å². The lowest BCUT2D eigenvalue weighted by Crippen LogP contribution is -2.37. The average molecular weight is 305 g/mol. The van der Waals surface area contributed by atoms with Gasteiger partial charge >= 0.3 is 6.09 Å². The second-order valence-electron chi connectivity index (χ2n) is 6.14. The zero-order valence-electron chi connectivity index (χ0n) is 13.3. The number of ether oxygens (including phenoxy) is 3. The van der Waals surface area contributed by atoms with Gasteiger partial charge in [-0.2, -0.15) is 0 Å². The molecule has 1 aromatic rings. The molecule has 120 valence electrons. The largest absolute Gasteiger partial charge is 0.439 e. The predicted molar refractivity (Wildman–Crippen MR) is 81.4 cm³/mol. The van der Waals surface area contributed by atoms with Crippen molar-refractivity contribution in [2.75, 3.05) is 13.2 Å². The molecule has 0 saturated carbocycles. The first kappa shape index (κ1) is 15.3. The van der Waals surface area contributed by atoms with Gasteiger partial charge in [0, 0.05) is 11.6 Å². The molecule has 0 unspecified atom stereocenters. The molecule has 2 atom stereocenters. The molecule has 5 heteroatoms. The topological polar surface area (TPSA) is 48.0 Å². The third-order valence-corrected chi connectivity index (χ3v) is 4.21. The SMILES string of the molecule is CC(C)N1C(=O)O[C@H](c2cccc(C3OCCCO3)c2)[C@@H]1C. The molecule has 2 aliphatic rings. The van der Waals surface area contributed by atoms with Crippen LogP contribution < -0.4 is 0 Å². The third-order valence-electron chi connectivity index (χ3n) is 4.21. The summed E-state index contributed by atoms with van der Waals surface area (Å²) in [6.45, 7) is 7.45. The lowest BCUT2D eigenvalue weighted by atomic mass is 10.00. The van der Waals surface area contributed by atoms with Crippen LogP contribution in [0, 0.1) is 0 Å². The molecule has 2 aliphatic heterocycles. The van der Waals surface area contributed by atoms with E-state index in [1.165, 1.54) is 0 Å². The Bertz CT molecular complexity index is 539. The van der Waals surface area contributed by atoms with Gasteiger partial charge in [0.15, 0.2) is 6.29 Å². The number of cyclic esters (lactones) is 1. The Hall–Kier alpha value is -1.59. The minimum absolute atomic E-state index is 0.0101. The van der Waals surface area contributed by atoms with Gasteiger partial charge < -0.3 is 14.2 Å². The van der Waals surface area contributed by atoms with E-state index in [4.69, 9.17) is 14.2 Å². The van der Waals surface area contributed by atoms with Crippen molar-refractivity contribution in [3.8, 4) is 0 Å². The summed E-state index contributed by atoms with van der Waals surface area (Å²) < 4.78 is 16.9. The van der Waals surface area contributed by atoms with E-state index in [0.29, 0.717) is 13.2 Å². The molecule has 0 N–H and O–H groups in total. The number of carbonyl (C=O) groups is 1. The lowest BCUT2D eigenvalue weighted by Gasteiger charge is -2.26. The summed E-state index contributed by atoms with van der Waals surface area (Å²) in [5.41, 5.74) is 1.96. The van der Waals surface area contributed by atoms with Gasteiger partial charge in [0.05, 0.1) is 19.3 Å². The van der Waals surface area contributed by atoms with Gasteiger partial charge in [-0.3, -0.25) is 4.90 Å². The first-order valence-corrected chi connectivity index (χ1v) is 7.90. The summed E-state index contributed by atoms with van der Waals surface area (Å²) in [6.07, 6.45) is 0.111. The van der Waals surface area contributed by atoms with Crippen LogP contribution in [0.4, 0.5) is 4.79 Å². The van der Waals surface area contributed by atoms with E-state index >= 15 is 0 Å². The van der Waals surface area contributed by atoms with Gasteiger partial charge in [-0.15, -0.1) is 0 Å². The van der Waals surface area contributed by atoms with Crippen molar-refractivity contribution in [3.63, 3.8) is 0 Å². The number of carbonyl (C=O) groups excluding carboxylic acids is 1. The fourth-order valence-electron chi connectivity index (χ4n) is 3.17. The van der Waals surface area contributed by atoms with Gasteiger partial charge in [-0.05, 0) is 38.8 Å². The van der Waals surface area contributed by atoms with E-state index in [1.807, 2.05) is 45.0 Å². The maximum atomic E-state index is 12.1. The Morgan fingerprint density at radius 2 is 1.86 bits per heavy atom. The molecular formula is C17H23NO4. The van der Waals surface area contributed by atoms with Gasteiger partial charge in [0.1, 0.15) is 6.10 Å². The summed E-state index contributed by atoms with van der Waals surface area (Å²) in [6, 6.07) is 8.10. The van der Waals surface area contributed by atoms with E-state index < -0.39 is 0 Å². The molecule has 0 radical (unpaired) electrons. The van der Waals surface area contributed by atoms with Crippen LogP contribution in [0.15, 0.2) is 24.3 Å². The molecule has 0 aliphatic carbocycles. The normalized spacial score (nSPS) is 26.5. The van der Waals surface area contributed by atoms with Crippen LogP contribution in [-0.4, -0.2) is 36.3 Å². The molecule has 22 heavy (non-hydrogen) atoms. The van der Waals surface area contributed by atoms with Gasteiger partial charge in [-0.25, -0.2) is 4.79 Å². The third kappa shape index (κ3) is 2.83. The Morgan fingerprint density at radius 1 is 1.18 bits per heavy atom. The zero-order chi connectivity index (χ0) is 15.7. The smallest absolute Gasteiger partial charge is 0.411 e. The minimum atomic E-state index is -0.317. The minimum Gasteiger partial charge on any atom is -0.439 e. The molecule has 0 bridgehead atoms. The molecule has 1 amide bonds. The fourth-order valence-corrected chi connectivity index (χ4v) is 3.17.